The molecular weight excluding hydrogens is 414 g/mol. The average Bonchev–Trinajstić information content (AvgIpc) is 3.60. The van der Waals surface area contributed by atoms with E-state index in [0.717, 1.165) is 24.1 Å². The SMILES string of the molecule is CCOCCOc1cccc(C(=O)NC(=S)Nc2cccc(NC(=O)C3CC3)c2C)c1. The Labute approximate surface area is 187 Å². The van der Waals surface area contributed by atoms with Gasteiger partial charge in [-0.05, 0) is 74.8 Å². The lowest BCUT2D eigenvalue weighted by molar-refractivity contribution is -0.117. The van der Waals surface area contributed by atoms with Crippen LogP contribution in [-0.2, 0) is 9.53 Å². The number of thiocarbonyl (C=S) groups is 1. The Hall–Kier alpha value is -2.97. The predicted octanol–water partition coefficient (Wildman–Crippen LogP) is 3.89. The van der Waals surface area contributed by atoms with Gasteiger partial charge in [0.2, 0.25) is 5.91 Å². The molecule has 0 heterocycles. The lowest BCUT2D eigenvalue weighted by Gasteiger charge is -2.15. The van der Waals surface area contributed by atoms with Crippen LogP contribution in [0.5, 0.6) is 5.75 Å². The molecule has 3 rings (SSSR count). The topological polar surface area (TPSA) is 88.7 Å². The third-order valence-electron chi connectivity index (χ3n) is 4.81. The Morgan fingerprint density at radius 2 is 1.77 bits per heavy atom. The molecule has 2 amide bonds. The van der Waals surface area contributed by atoms with Gasteiger partial charge < -0.3 is 20.1 Å². The number of hydrogen-bond donors (Lipinski definition) is 3. The summed E-state index contributed by atoms with van der Waals surface area (Å²) in [5, 5.41) is 8.83. The molecule has 0 saturated heterocycles. The van der Waals surface area contributed by atoms with E-state index >= 15 is 0 Å². The smallest absolute Gasteiger partial charge is 0.257 e. The molecule has 0 spiro atoms. The number of ether oxygens (including phenoxy) is 2. The van der Waals surface area contributed by atoms with E-state index in [1.54, 1.807) is 24.3 Å². The van der Waals surface area contributed by atoms with Crippen molar-refractivity contribution >= 4 is 40.5 Å². The van der Waals surface area contributed by atoms with E-state index in [2.05, 4.69) is 16.0 Å². The van der Waals surface area contributed by atoms with Gasteiger partial charge >= 0.3 is 0 Å². The maximum atomic E-state index is 12.6. The summed E-state index contributed by atoms with van der Waals surface area (Å²) < 4.78 is 10.8. The van der Waals surface area contributed by atoms with E-state index in [1.165, 1.54) is 0 Å². The average molecular weight is 442 g/mol. The molecule has 0 radical (unpaired) electrons. The Kier molecular flexibility index (Phi) is 7.97. The monoisotopic (exact) mass is 441 g/mol. The molecule has 1 fully saturated rings. The fourth-order valence-electron chi connectivity index (χ4n) is 2.91. The molecule has 31 heavy (non-hydrogen) atoms. The van der Waals surface area contributed by atoms with Crippen LogP contribution in [0, 0.1) is 12.8 Å². The Bertz CT molecular complexity index is 960. The van der Waals surface area contributed by atoms with Gasteiger partial charge in [0.05, 0.1) is 6.61 Å². The van der Waals surface area contributed by atoms with Crippen molar-refractivity contribution in [2.24, 2.45) is 5.92 Å². The highest BCUT2D eigenvalue weighted by molar-refractivity contribution is 7.80. The van der Waals surface area contributed by atoms with Gasteiger partial charge in [0.1, 0.15) is 12.4 Å². The predicted molar refractivity (Wildman–Crippen MR) is 125 cm³/mol. The maximum absolute atomic E-state index is 12.6. The second-order valence-corrected chi connectivity index (χ2v) is 7.63. The highest BCUT2D eigenvalue weighted by Gasteiger charge is 2.29. The fourth-order valence-corrected chi connectivity index (χ4v) is 3.11. The molecular formula is C23H27N3O4S. The highest BCUT2D eigenvalue weighted by Crippen LogP contribution is 2.31. The van der Waals surface area contributed by atoms with Crippen LogP contribution in [0.15, 0.2) is 42.5 Å². The van der Waals surface area contributed by atoms with Gasteiger partial charge in [0, 0.05) is 29.5 Å². The van der Waals surface area contributed by atoms with Gasteiger partial charge in [-0.3, -0.25) is 14.9 Å². The molecule has 0 unspecified atom stereocenters. The molecule has 2 aromatic carbocycles. The fraction of sp³-hybridized carbons (Fsp3) is 0.348. The first kappa shape index (κ1) is 22.7. The number of carbonyl (C=O) groups excluding carboxylic acids is 2. The molecule has 0 aliphatic heterocycles. The normalized spacial score (nSPS) is 12.7. The molecule has 8 heteroatoms. The molecule has 0 atom stereocenters. The van der Waals surface area contributed by atoms with Crippen LogP contribution in [0.1, 0.15) is 35.7 Å². The van der Waals surface area contributed by atoms with Crippen LogP contribution in [0.3, 0.4) is 0 Å². The first-order valence-electron chi connectivity index (χ1n) is 10.3. The lowest BCUT2D eigenvalue weighted by Crippen LogP contribution is -2.34. The summed E-state index contributed by atoms with van der Waals surface area (Å²) in [6.45, 7) is 5.33. The zero-order chi connectivity index (χ0) is 22.2. The minimum Gasteiger partial charge on any atom is -0.491 e. The summed E-state index contributed by atoms with van der Waals surface area (Å²) in [6, 6.07) is 12.4. The molecule has 3 N–H and O–H groups in total. The van der Waals surface area contributed by atoms with Crippen molar-refractivity contribution in [3.8, 4) is 5.75 Å². The molecule has 1 saturated carbocycles. The maximum Gasteiger partial charge on any atom is 0.257 e. The second kappa shape index (κ2) is 10.9. The first-order valence-corrected chi connectivity index (χ1v) is 10.7. The van der Waals surface area contributed by atoms with Crippen molar-refractivity contribution < 1.29 is 19.1 Å². The number of anilines is 2. The van der Waals surface area contributed by atoms with E-state index < -0.39 is 0 Å². The van der Waals surface area contributed by atoms with Crippen molar-refractivity contribution in [2.45, 2.75) is 26.7 Å². The number of amides is 2. The number of rotatable bonds is 9. The standard InChI is InChI=1S/C23H27N3O4S/c1-3-29-12-13-30-18-7-4-6-17(14-18)22(28)26-23(31)25-20-9-5-8-19(15(20)2)24-21(27)16-10-11-16/h4-9,14,16H,3,10-13H2,1-2H3,(H,24,27)(H2,25,26,28,31). The third-order valence-corrected chi connectivity index (χ3v) is 5.02. The van der Waals surface area contributed by atoms with Crippen molar-refractivity contribution in [3.05, 3.63) is 53.6 Å². The Morgan fingerprint density at radius 1 is 1.06 bits per heavy atom. The summed E-state index contributed by atoms with van der Waals surface area (Å²) in [4.78, 5) is 24.6. The van der Waals surface area contributed by atoms with Crippen molar-refractivity contribution in [1.82, 2.24) is 5.32 Å². The molecule has 0 aromatic heterocycles. The Morgan fingerprint density at radius 3 is 2.48 bits per heavy atom. The van der Waals surface area contributed by atoms with E-state index in [0.29, 0.717) is 36.8 Å². The molecule has 7 nitrogen and oxygen atoms in total. The third kappa shape index (κ3) is 6.77. The number of benzene rings is 2. The van der Waals surface area contributed by atoms with Crippen molar-refractivity contribution in [3.63, 3.8) is 0 Å². The van der Waals surface area contributed by atoms with E-state index in [1.807, 2.05) is 32.0 Å². The summed E-state index contributed by atoms with van der Waals surface area (Å²) >= 11 is 5.31. The lowest BCUT2D eigenvalue weighted by atomic mass is 10.1. The number of nitrogens with one attached hydrogen (secondary N) is 3. The number of carbonyl (C=O) groups is 2. The van der Waals surface area contributed by atoms with Gasteiger partial charge in [-0.15, -0.1) is 0 Å². The summed E-state index contributed by atoms with van der Waals surface area (Å²) in [6.07, 6.45) is 1.88. The highest BCUT2D eigenvalue weighted by atomic mass is 32.1. The first-order chi connectivity index (χ1) is 15.0. The summed E-state index contributed by atoms with van der Waals surface area (Å²) in [5.41, 5.74) is 2.72. The van der Waals surface area contributed by atoms with Crippen LogP contribution in [0.25, 0.3) is 0 Å². The van der Waals surface area contributed by atoms with Crippen LogP contribution < -0.4 is 20.7 Å². The van der Waals surface area contributed by atoms with E-state index in [-0.39, 0.29) is 22.8 Å². The zero-order valence-electron chi connectivity index (χ0n) is 17.7. The van der Waals surface area contributed by atoms with Gasteiger partial charge in [-0.2, -0.15) is 0 Å². The molecule has 2 aromatic rings. The van der Waals surface area contributed by atoms with Crippen molar-refractivity contribution in [2.75, 3.05) is 30.5 Å². The van der Waals surface area contributed by atoms with Gasteiger partial charge in [0.15, 0.2) is 5.11 Å². The Balaban J connectivity index is 1.57. The largest absolute Gasteiger partial charge is 0.491 e. The summed E-state index contributed by atoms with van der Waals surface area (Å²) in [7, 11) is 0. The van der Waals surface area contributed by atoms with Crippen LogP contribution in [-0.4, -0.2) is 36.7 Å². The van der Waals surface area contributed by atoms with Crippen LogP contribution in [0.2, 0.25) is 0 Å². The summed E-state index contributed by atoms with van der Waals surface area (Å²) in [5.74, 6) is 0.402. The zero-order valence-corrected chi connectivity index (χ0v) is 18.5. The van der Waals surface area contributed by atoms with E-state index in [4.69, 9.17) is 21.7 Å². The number of hydrogen-bond acceptors (Lipinski definition) is 5. The molecule has 0 bridgehead atoms. The molecule has 1 aliphatic rings. The van der Waals surface area contributed by atoms with Crippen LogP contribution in [0.4, 0.5) is 11.4 Å². The van der Waals surface area contributed by atoms with Gasteiger partial charge in [-0.1, -0.05) is 12.1 Å². The van der Waals surface area contributed by atoms with Crippen LogP contribution >= 0.6 is 12.2 Å². The van der Waals surface area contributed by atoms with E-state index in [9.17, 15) is 9.59 Å². The minimum absolute atomic E-state index is 0.0412. The molecule has 1 aliphatic carbocycles. The van der Waals surface area contributed by atoms with Gasteiger partial charge in [-0.25, -0.2) is 0 Å². The van der Waals surface area contributed by atoms with Gasteiger partial charge in [0.25, 0.3) is 5.91 Å². The quantitative estimate of drug-likeness (QED) is 0.404. The van der Waals surface area contributed by atoms with Crippen molar-refractivity contribution in [1.29, 1.82) is 0 Å². The second-order valence-electron chi connectivity index (χ2n) is 7.22. The molecule has 164 valence electrons. The minimum atomic E-state index is -0.344.